The highest BCUT2D eigenvalue weighted by Crippen LogP contribution is 2.15. The molecule has 76 valence electrons. The Morgan fingerprint density at radius 2 is 1.86 bits per heavy atom. The second-order valence-corrected chi connectivity index (χ2v) is 4.74. The molecule has 1 aromatic carbocycles. The number of carbonyl (C=O) groups excluding carboxylic acids is 1. The van der Waals surface area contributed by atoms with Crippen LogP contribution in [0.3, 0.4) is 0 Å². The molecule has 1 aromatic rings. The normalized spacial score (nSPS) is 11.0. The molecule has 0 bridgehead atoms. The Balaban J connectivity index is 3.38. The molecule has 0 radical (unpaired) electrons. The van der Waals surface area contributed by atoms with E-state index in [1.165, 1.54) is 19.2 Å². The molecule has 0 fully saturated rings. The Labute approximate surface area is 82.4 Å². The summed E-state index contributed by atoms with van der Waals surface area (Å²) in [4.78, 5) is 11.2. The summed E-state index contributed by atoms with van der Waals surface area (Å²) in [5.41, 5.74) is 0.0671. The Morgan fingerprint density at radius 1 is 1.29 bits per heavy atom. The predicted octanol–water partition coefficient (Wildman–Crippen LogP) is 0.877. The van der Waals surface area contributed by atoms with E-state index in [1.54, 1.807) is 12.1 Å². The van der Waals surface area contributed by atoms with Crippen LogP contribution in [0.5, 0.6) is 0 Å². The zero-order valence-electron chi connectivity index (χ0n) is 7.85. The lowest BCUT2D eigenvalue weighted by Crippen LogP contribution is -2.09. The minimum Gasteiger partial charge on any atom is -0.465 e. The number of ether oxygens (including phenoxy) is 1. The lowest BCUT2D eigenvalue weighted by molar-refractivity contribution is 0.0596. The van der Waals surface area contributed by atoms with Gasteiger partial charge in [0.2, 0.25) is 0 Å². The van der Waals surface area contributed by atoms with E-state index in [0.29, 0.717) is 0 Å². The molecule has 0 amide bonds. The molecule has 0 atom stereocenters. The molecule has 0 unspecified atom stereocenters. The molecule has 0 aliphatic rings. The highest BCUT2D eigenvalue weighted by Gasteiger charge is 2.17. The van der Waals surface area contributed by atoms with Crippen LogP contribution in [0.4, 0.5) is 0 Å². The van der Waals surface area contributed by atoms with Crippen LogP contribution >= 0.6 is 0 Å². The lowest BCUT2D eigenvalue weighted by Gasteiger charge is -2.04. The van der Waals surface area contributed by atoms with Gasteiger partial charge in [0.15, 0.2) is 9.84 Å². The molecular weight excluding hydrogens is 204 g/mol. The fraction of sp³-hybridized carbons (Fsp3) is 0.222. The zero-order valence-corrected chi connectivity index (χ0v) is 8.67. The maximum Gasteiger partial charge on any atom is 0.339 e. The van der Waals surface area contributed by atoms with E-state index in [-0.39, 0.29) is 10.5 Å². The van der Waals surface area contributed by atoms with Gasteiger partial charge < -0.3 is 4.74 Å². The van der Waals surface area contributed by atoms with Crippen molar-refractivity contribution in [1.82, 2.24) is 0 Å². The Morgan fingerprint density at radius 3 is 2.36 bits per heavy atom. The second kappa shape index (κ2) is 3.79. The number of benzene rings is 1. The topological polar surface area (TPSA) is 60.4 Å². The first kappa shape index (κ1) is 10.7. The molecule has 0 aliphatic carbocycles. The third kappa shape index (κ3) is 2.11. The monoisotopic (exact) mass is 214 g/mol. The zero-order chi connectivity index (χ0) is 10.8. The summed E-state index contributed by atoms with van der Waals surface area (Å²) in [6.45, 7) is 0. The summed E-state index contributed by atoms with van der Waals surface area (Å²) in [5, 5.41) is 0. The molecule has 0 spiro atoms. The minimum atomic E-state index is -3.39. The van der Waals surface area contributed by atoms with E-state index < -0.39 is 15.8 Å². The SMILES string of the molecule is COC(=O)c1ccccc1S(C)(=O)=O. The van der Waals surface area contributed by atoms with Crippen LogP contribution in [-0.2, 0) is 14.6 Å². The molecule has 0 saturated heterocycles. The third-order valence-corrected chi connectivity index (χ3v) is 2.85. The third-order valence-electron chi connectivity index (χ3n) is 1.69. The fourth-order valence-corrected chi connectivity index (χ4v) is 1.95. The number of carbonyl (C=O) groups is 1. The maximum atomic E-state index is 11.3. The van der Waals surface area contributed by atoms with Crippen LogP contribution in [0.25, 0.3) is 0 Å². The number of rotatable bonds is 2. The molecular formula is C9H10O4S. The van der Waals surface area contributed by atoms with Crippen LogP contribution in [0.2, 0.25) is 0 Å². The van der Waals surface area contributed by atoms with Gasteiger partial charge >= 0.3 is 5.97 Å². The van der Waals surface area contributed by atoms with E-state index in [0.717, 1.165) is 6.26 Å². The van der Waals surface area contributed by atoms with Gasteiger partial charge in [0.1, 0.15) is 0 Å². The van der Waals surface area contributed by atoms with Crippen molar-refractivity contribution in [3.63, 3.8) is 0 Å². The van der Waals surface area contributed by atoms with Crippen molar-refractivity contribution in [2.75, 3.05) is 13.4 Å². The summed E-state index contributed by atoms with van der Waals surface area (Å²) in [6, 6.07) is 5.94. The largest absolute Gasteiger partial charge is 0.465 e. The van der Waals surface area contributed by atoms with Gasteiger partial charge in [-0.3, -0.25) is 0 Å². The number of hydrogen-bond donors (Lipinski definition) is 0. The summed E-state index contributed by atoms with van der Waals surface area (Å²) in [7, 11) is -2.18. The highest BCUT2D eigenvalue weighted by molar-refractivity contribution is 7.90. The van der Waals surface area contributed by atoms with Crippen molar-refractivity contribution in [3.8, 4) is 0 Å². The molecule has 0 heterocycles. The van der Waals surface area contributed by atoms with Gasteiger partial charge in [-0.1, -0.05) is 12.1 Å². The van der Waals surface area contributed by atoms with Crippen molar-refractivity contribution in [1.29, 1.82) is 0 Å². The number of hydrogen-bond acceptors (Lipinski definition) is 4. The first-order chi connectivity index (χ1) is 6.46. The second-order valence-electron chi connectivity index (χ2n) is 2.76. The fourth-order valence-electron chi connectivity index (χ4n) is 1.07. The van der Waals surface area contributed by atoms with E-state index in [9.17, 15) is 13.2 Å². The number of methoxy groups -OCH3 is 1. The summed E-state index contributed by atoms with van der Waals surface area (Å²) in [5.74, 6) is -0.647. The van der Waals surface area contributed by atoms with Crippen molar-refractivity contribution in [2.24, 2.45) is 0 Å². The van der Waals surface area contributed by atoms with Gasteiger partial charge in [-0.15, -0.1) is 0 Å². The molecule has 1 rings (SSSR count). The number of esters is 1. The van der Waals surface area contributed by atoms with Gasteiger partial charge in [-0.05, 0) is 12.1 Å². The average Bonchev–Trinajstić information content (AvgIpc) is 2.15. The van der Waals surface area contributed by atoms with Gasteiger partial charge in [0.25, 0.3) is 0 Å². The molecule has 0 aromatic heterocycles. The van der Waals surface area contributed by atoms with Gasteiger partial charge in [0.05, 0.1) is 17.6 Å². The van der Waals surface area contributed by atoms with Crippen LogP contribution in [0, 0.1) is 0 Å². The van der Waals surface area contributed by atoms with Gasteiger partial charge in [-0.2, -0.15) is 0 Å². The average molecular weight is 214 g/mol. The first-order valence-corrected chi connectivity index (χ1v) is 5.73. The first-order valence-electron chi connectivity index (χ1n) is 3.84. The number of sulfone groups is 1. The van der Waals surface area contributed by atoms with Gasteiger partial charge in [-0.25, -0.2) is 13.2 Å². The lowest BCUT2D eigenvalue weighted by atomic mass is 10.2. The van der Waals surface area contributed by atoms with Gasteiger partial charge in [0, 0.05) is 6.26 Å². The Hall–Kier alpha value is -1.36. The molecule has 0 aliphatic heterocycles. The Bertz CT molecular complexity index is 448. The van der Waals surface area contributed by atoms with Crippen molar-refractivity contribution >= 4 is 15.8 Å². The molecule has 0 saturated carbocycles. The minimum absolute atomic E-state index is 0.00755. The maximum absolute atomic E-state index is 11.3. The van der Waals surface area contributed by atoms with Crippen LogP contribution in [0.1, 0.15) is 10.4 Å². The summed E-state index contributed by atoms with van der Waals surface area (Å²) in [6.07, 6.45) is 1.05. The van der Waals surface area contributed by atoms with E-state index in [2.05, 4.69) is 4.74 Å². The quantitative estimate of drug-likeness (QED) is 0.685. The van der Waals surface area contributed by atoms with Crippen LogP contribution in [0.15, 0.2) is 29.2 Å². The van der Waals surface area contributed by atoms with Crippen LogP contribution in [-0.4, -0.2) is 27.8 Å². The molecule has 4 nitrogen and oxygen atoms in total. The highest BCUT2D eigenvalue weighted by atomic mass is 32.2. The van der Waals surface area contributed by atoms with E-state index >= 15 is 0 Å². The predicted molar refractivity (Wildman–Crippen MR) is 50.9 cm³/mol. The molecule has 0 N–H and O–H groups in total. The smallest absolute Gasteiger partial charge is 0.339 e. The standard InChI is InChI=1S/C9H10O4S/c1-13-9(10)7-5-3-4-6-8(7)14(2,11)12/h3-6H,1-2H3. The summed E-state index contributed by atoms with van der Waals surface area (Å²) < 4.78 is 27.0. The van der Waals surface area contributed by atoms with Crippen molar-refractivity contribution in [3.05, 3.63) is 29.8 Å². The van der Waals surface area contributed by atoms with E-state index in [4.69, 9.17) is 0 Å². The van der Waals surface area contributed by atoms with Crippen LogP contribution < -0.4 is 0 Å². The molecule has 5 heteroatoms. The molecule has 14 heavy (non-hydrogen) atoms. The Kier molecular flexibility index (Phi) is 2.90. The van der Waals surface area contributed by atoms with E-state index in [1.807, 2.05) is 0 Å². The van der Waals surface area contributed by atoms with Crippen molar-refractivity contribution < 1.29 is 17.9 Å². The summed E-state index contributed by atoms with van der Waals surface area (Å²) >= 11 is 0. The van der Waals surface area contributed by atoms with Crippen molar-refractivity contribution in [2.45, 2.75) is 4.90 Å².